The van der Waals surface area contributed by atoms with Gasteiger partial charge in [-0.1, -0.05) is 0 Å². The second-order valence-electron chi connectivity index (χ2n) is 8.61. The van der Waals surface area contributed by atoms with Crippen molar-refractivity contribution < 1.29 is 19.4 Å². The summed E-state index contributed by atoms with van der Waals surface area (Å²) in [5.41, 5.74) is -0.176. The van der Waals surface area contributed by atoms with Crippen molar-refractivity contribution in [2.75, 3.05) is 42.6 Å². The first kappa shape index (κ1) is 23.5. The summed E-state index contributed by atoms with van der Waals surface area (Å²) in [6.45, 7) is 7.27. The molecule has 10 nitrogen and oxygen atoms in total. The van der Waals surface area contributed by atoms with E-state index in [-0.39, 0.29) is 25.0 Å². The molecule has 2 aromatic heterocycles. The summed E-state index contributed by atoms with van der Waals surface area (Å²) in [4.78, 5) is 37.8. The van der Waals surface area contributed by atoms with Gasteiger partial charge < -0.3 is 25.0 Å². The molecule has 1 atom stereocenters. The summed E-state index contributed by atoms with van der Waals surface area (Å²) in [5, 5.41) is 14.3. The lowest BCUT2D eigenvalue weighted by molar-refractivity contribution is -0.143. The van der Waals surface area contributed by atoms with Gasteiger partial charge >= 0.3 is 0 Å². The third kappa shape index (κ3) is 4.85. The highest BCUT2D eigenvalue weighted by molar-refractivity contribution is 7.09. The number of hydrogen-bond acceptors (Lipinski definition) is 10. The Morgan fingerprint density at radius 3 is 2.79 bits per heavy atom. The van der Waals surface area contributed by atoms with Crippen LogP contribution in [-0.4, -0.2) is 75.6 Å². The van der Waals surface area contributed by atoms with Crippen molar-refractivity contribution in [1.29, 1.82) is 0 Å². The maximum absolute atomic E-state index is 12.6. The Morgan fingerprint density at radius 2 is 2.18 bits per heavy atom. The maximum Gasteiger partial charge on any atom is 0.255 e. The molecule has 0 radical (unpaired) electrons. The molecule has 0 aliphatic carbocycles. The van der Waals surface area contributed by atoms with Crippen molar-refractivity contribution in [3.05, 3.63) is 23.5 Å². The van der Waals surface area contributed by atoms with Crippen LogP contribution in [0.25, 0.3) is 0 Å². The molecule has 0 bridgehead atoms. The number of β-amino-alcohol motifs (C(OH)–C–C–N with tert-alkyl or cyclic N) is 1. The first-order valence-corrected chi connectivity index (χ1v) is 12.0. The number of aromatic nitrogens is 3. The minimum Gasteiger partial charge on any atom is -0.377 e. The molecule has 178 valence electrons. The quantitative estimate of drug-likeness (QED) is 0.552. The SMILES string of the molecule is CCN(c1ncns1)c1nc(N2CC(O)(C(=O)NCC3CCCCO3)C2)cc(C)c1C(C)=O. The van der Waals surface area contributed by atoms with Crippen molar-refractivity contribution in [3.8, 4) is 0 Å². The fourth-order valence-corrected chi connectivity index (χ4v) is 4.92. The predicted molar refractivity (Wildman–Crippen MR) is 125 cm³/mol. The minimum absolute atomic E-state index is 0.00820. The zero-order valence-corrected chi connectivity index (χ0v) is 20.0. The van der Waals surface area contributed by atoms with Gasteiger partial charge in [-0.2, -0.15) is 4.37 Å². The Kier molecular flexibility index (Phi) is 6.91. The molecule has 0 saturated carbocycles. The lowest BCUT2D eigenvalue weighted by Gasteiger charge is -2.46. The van der Waals surface area contributed by atoms with E-state index >= 15 is 0 Å². The van der Waals surface area contributed by atoms with Crippen molar-refractivity contribution in [1.82, 2.24) is 19.7 Å². The predicted octanol–water partition coefficient (Wildman–Crippen LogP) is 1.84. The van der Waals surface area contributed by atoms with Crippen molar-refractivity contribution in [2.24, 2.45) is 0 Å². The summed E-state index contributed by atoms with van der Waals surface area (Å²) < 4.78 is 9.71. The number of ether oxygens (including phenoxy) is 1. The number of carbonyl (C=O) groups is 2. The van der Waals surface area contributed by atoms with Crippen LogP contribution in [0.5, 0.6) is 0 Å². The van der Waals surface area contributed by atoms with E-state index < -0.39 is 11.5 Å². The number of pyridine rings is 1. The molecule has 11 heteroatoms. The maximum atomic E-state index is 12.6. The number of carbonyl (C=O) groups excluding carboxylic acids is 2. The van der Waals surface area contributed by atoms with Gasteiger partial charge in [0, 0.05) is 31.2 Å². The van der Waals surface area contributed by atoms with E-state index in [1.54, 1.807) is 0 Å². The van der Waals surface area contributed by atoms with Crippen LogP contribution >= 0.6 is 11.5 Å². The molecule has 2 N–H and O–H groups in total. The summed E-state index contributed by atoms with van der Waals surface area (Å²) in [5.74, 6) is 0.623. The fraction of sp³-hybridized carbons (Fsp3) is 0.591. The number of nitrogens with zero attached hydrogens (tertiary/aromatic N) is 5. The first-order chi connectivity index (χ1) is 15.8. The highest BCUT2D eigenvalue weighted by Crippen LogP contribution is 2.35. The molecule has 0 spiro atoms. The second kappa shape index (κ2) is 9.70. The molecule has 1 amide bonds. The summed E-state index contributed by atoms with van der Waals surface area (Å²) in [6.07, 6.45) is 4.54. The molecule has 2 aliphatic rings. The topological polar surface area (TPSA) is 121 Å². The fourth-order valence-electron chi connectivity index (χ4n) is 4.32. The Balaban J connectivity index is 1.50. The molecule has 2 saturated heterocycles. The van der Waals surface area contributed by atoms with Crippen molar-refractivity contribution in [2.45, 2.75) is 51.7 Å². The van der Waals surface area contributed by atoms with Crippen LogP contribution in [0.1, 0.15) is 49.0 Å². The Bertz CT molecular complexity index is 1000. The summed E-state index contributed by atoms with van der Waals surface area (Å²) in [6, 6.07) is 1.82. The summed E-state index contributed by atoms with van der Waals surface area (Å²) in [7, 11) is 0. The van der Waals surface area contributed by atoms with E-state index in [4.69, 9.17) is 9.72 Å². The number of ketones is 1. The number of Topliss-reactive ketones (excluding diaryl/α,β-unsaturated/α-hetero) is 1. The van der Waals surface area contributed by atoms with Gasteiger partial charge in [-0.15, -0.1) is 0 Å². The number of anilines is 3. The summed E-state index contributed by atoms with van der Waals surface area (Å²) >= 11 is 1.23. The number of rotatable bonds is 8. The van der Waals surface area contributed by atoms with Gasteiger partial charge in [-0.25, -0.2) is 9.97 Å². The standard InChI is InChI=1S/C22H30N6O4S/c1-4-28(21-24-13-25-33-21)19-18(15(3)29)14(2)9-17(26-19)27-11-22(31,12-27)20(30)23-10-16-7-5-6-8-32-16/h9,13,16,31H,4-8,10-12H2,1-3H3,(H,23,30). The van der Waals surface area contributed by atoms with Gasteiger partial charge in [0.25, 0.3) is 5.91 Å². The van der Waals surface area contributed by atoms with Crippen LogP contribution in [0.15, 0.2) is 12.4 Å². The number of aliphatic hydroxyl groups is 1. The monoisotopic (exact) mass is 474 g/mol. The highest BCUT2D eigenvalue weighted by atomic mass is 32.1. The number of aryl methyl sites for hydroxylation is 1. The van der Waals surface area contributed by atoms with Gasteiger partial charge in [0.2, 0.25) is 5.13 Å². The Morgan fingerprint density at radius 1 is 1.39 bits per heavy atom. The molecule has 1 unspecified atom stereocenters. The van der Waals surface area contributed by atoms with E-state index in [0.717, 1.165) is 24.8 Å². The van der Waals surface area contributed by atoms with Crippen LogP contribution in [0.3, 0.4) is 0 Å². The average molecular weight is 475 g/mol. The van der Waals surface area contributed by atoms with Gasteiger partial charge in [0.05, 0.1) is 24.8 Å². The molecule has 0 aromatic carbocycles. The molecule has 2 aliphatic heterocycles. The second-order valence-corrected chi connectivity index (χ2v) is 9.37. The zero-order valence-electron chi connectivity index (χ0n) is 19.2. The van der Waals surface area contributed by atoms with Crippen LogP contribution in [0.4, 0.5) is 16.8 Å². The molecular weight excluding hydrogens is 444 g/mol. The van der Waals surface area contributed by atoms with E-state index in [1.807, 2.05) is 29.7 Å². The van der Waals surface area contributed by atoms with Gasteiger partial charge in [-0.3, -0.25) is 9.59 Å². The Hall–Kier alpha value is -2.63. The van der Waals surface area contributed by atoms with Crippen molar-refractivity contribution >= 4 is 40.0 Å². The zero-order chi connectivity index (χ0) is 23.6. The van der Waals surface area contributed by atoms with E-state index in [1.165, 1.54) is 24.8 Å². The van der Waals surface area contributed by atoms with Crippen LogP contribution in [-0.2, 0) is 9.53 Å². The lowest BCUT2D eigenvalue weighted by atomic mass is 9.92. The Labute approximate surface area is 197 Å². The molecule has 4 heterocycles. The number of amides is 1. The normalized spacial score (nSPS) is 19.6. The highest BCUT2D eigenvalue weighted by Gasteiger charge is 2.48. The van der Waals surface area contributed by atoms with E-state index in [2.05, 4.69) is 14.7 Å². The third-order valence-corrected chi connectivity index (χ3v) is 6.79. The molecule has 2 aromatic rings. The van der Waals surface area contributed by atoms with E-state index in [0.29, 0.717) is 42.0 Å². The minimum atomic E-state index is -1.48. The van der Waals surface area contributed by atoms with E-state index in [9.17, 15) is 14.7 Å². The molecule has 2 fully saturated rings. The first-order valence-electron chi connectivity index (χ1n) is 11.3. The number of hydrogen-bond donors (Lipinski definition) is 2. The smallest absolute Gasteiger partial charge is 0.255 e. The average Bonchev–Trinajstić information content (AvgIpc) is 3.30. The third-order valence-electron chi connectivity index (χ3n) is 6.10. The van der Waals surface area contributed by atoms with Gasteiger partial charge in [0.15, 0.2) is 11.4 Å². The molecule has 33 heavy (non-hydrogen) atoms. The molecule has 4 rings (SSSR count). The molecular formula is C22H30N6O4S. The van der Waals surface area contributed by atoms with Crippen LogP contribution in [0, 0.1) is 6.92 Å². The van der Waals surface area contributed by atoms with Gasteiger partial charge in [-0.05, 0) is 51.7 Å². The van der Waals surface area contributed by atoms with Crippen LogP contribution < -0.4 is 15.1 Å². The largest absolute Gasteiger partial charge is 0.377 e. The lowest BCUT2D eigenvalue weighted by Crippen LogP contribution is -2.69. The number of nitrogens with one attached hydrogen (secondary N) is 1. The van der Waals surface area contributed by atoms with Crippen LogP contribution in [0.2, 0.25) is 0 Å². The van der Waals surface area contributed by atoms with Crippen molar-refractivity contribution in [3.63, 3.8) is 0 Å². The van der Waals surface area contributed by atoms with Gasteiger partial charge in [0.1, 0.15) is 18.0 Å².